The summed E-state index contributed by atoms with van der Waals surface area (Å²) >= 11 is 1.21. The Morgan fingerprint density at radius 3 is 2.47 bits per heavy atom. The summed E-state index contributed by atoms with van der Waals surface area (Å²) in [5.41, 5.74) is 5.87. The van der Waals surface area contributed by atoms with Gasteiger partial charge in [-0.05, 0) is 42.7 Å². The van der Waals surface area contributed by atoms with E-state index in [1.165, 1.54) is 41.7 Å². The number of fused-ring (bicyclic) bond motifs is 3. The van der Waals surface area contributed by atoms with E-state index >= 15 is 0 Å². The molecule has 8 nitrogen and oxygen atoms in total. The van der Waals surface area contributed by atoms with Crippen LogP contribution in [-0.4, -0.2) is 53.8 Å². The van der Waals surface area contributed by atoms with Gasteiger partial charge in [0.15, 0.2) is 0 Å². The first-order chi connectivity index (χ1) is 20.2. The van der Waals surface area contributed by atoms with Crippen LogP contribution in [0.5, 0.6) is 0 Å². The van der Waals surface area contributed by atoms with Crippen LogP contribution in [0.3, 0.4) is 0 Å². The third-order valence-electron chi connectivity index (χ3n) is 7.68. The zero-order chi connectivity index (χ0) is 31.3. The number of hydrogen-bond donors (Lipinski definition) is 4. The van der Waals surface area contributed by atoms with E-state index < -0.39 is 67.3 Å². The highest BCUT2D eigenvalue weighted by Crippen LogP contribution is 2.51. The molecule has 43 heavy (non-hydrogen) atoms. The first-order valence-corrected chi connectivity index (χ1v) is 14.1. The van der Waals surface area contributed by atoms with Gasteiger partial charge in [-0.25, -0.2) is 0 Å². The van der Waals surface area contributed by atoms with Gasteiger partial charge in [0.1, 0.15) is 11.9 Å². The normalized spacial score (nSPS) is 19.3. The van der Waals surface area contributed by atoms with E-state index in [1.54, 1.807) is 24.4 Å². The highest BCUT2D eigenvalue weighted by atomic mass is 32.1. The third kappa shape index (κ3) is 5.70. The van der Waals surface area contributed by atoms with Crippen LogP contribution in [0.15, 0.2) is 53.9 Å². The van der Waals surface area contributed by atoms with E-state index in [4.69, 9.17) is 11.1 Å². The Bertz CT molecular complexity index is 1620. The quantitative estimate of drug-likeness (QED) is 0.176. The van der Waals surface area contributed by atoms with E-state index in [0.29, 0.717) is 10.4 Å². The van der Waals surface area contributed by atoms with E-state index in [2.05, 4.69) is 10.6 Å². The molecule has 0 radical (unpaired) electrons. The van der Waals surface area contributed by atoms with Crippen molar-refractivity contribution in [2.24, 2.45) is 11.7 Å². The van der Waals surface area contributed by atoms with E-state index in [1.807, 2.05) is 0 Å². The SMILES string of the molecule is CC(NC(=O)[C@@H]1C[C@@H](C(F)(F)F)CN1C(=O)CNC(=O)c1ccc2c(c1)-c1ccccc1C2(F)F)c1cc(C(=N)N)cs1. The summed E-state index contributed by atoms with van der Waals surface area (Å²) in [6.07, 6.45) is -5.31. The Hall–Kier alpha value is -4.33. The van der Waals surface area contributed by atoms with E-state index in [-0.39, 0.29) is 33.7 Å². The minimum atomic E-state index is -4.66. The second kappa shape index (κ2) is 11.1. The maximum atomic E-state index is 14.8. The number of nitrogen functional groups attached to an aromatic ring is 1. The smallest absolute Gasteiger partial charge is 0.384 e. The number of carbonyl (C=O) groups excluding carboxylic acids is 3. The standard InChI is InChI=1S/C29H26F5N5O3S/c1-14(23-9-16(13-43-23)25(35)36)38-27(42)22-10-17(29(32,33)34)12-39(22)24(40)11-37-26(41)15-6-7-21-19(8-15)18-4-2-3-5-20(18)28(21,30)31/h2-9,13-14,17,22H,10-12H2,1H3,(H3,35,36)(H,37,41)(H,38,42)/t14?,17-,22+/m1/s1. The second-order valence-corrected chi connectivity index (χ2v) is 11.4. The topological polar surface area (TPSA) is 128 Å². The fourth-order valence-electron chi connectivity index (χ4n) is 5.38. The van der Waals surface area contributed by atoms with Crippen LogP contribution in [0.1, 0.15) is 51.3 Å². The summed E-state index contributed by atoms with van der Waals surface area (Å²) in [6.45, 7) is 0.142. The second-order valence-electron chi connectivity index (χ2n) is 10.5. The lowest BCUT2D eigenvalue weighted by Gasteiger charge is -2.25. The van der Waals surface area contributed by atoms with Crippen molar-refractivity contribution in [3.8, 4) is 11.1 Å². The number of hydrogen-bond acceptors (Lipinski definition) is 5. The minimum Gasteiger partial charge on any atom is -0.384 e. The average molecular weight is 620 g/mol. The number of nitrogens with one attached hydrogen (secondary N) is 3. The number of nitrogens with two attached hydrogens (primary N) is 1. The van der Waals surface area contributed by atoms with Crippen LogP contribution in [-0.2, 0) is 15.5 Å². The molecule has 2 aromatic carbocycles. The molecule has 14 heteroatoms. The summed E-state index contributed by atoms with van der Waals surface area (Å²) in [5, 5.41) is 14.1. The summed E-state index contributed by atoms with van der Waals surface area (Å²) in [6, 6.07) is 9.01. The predicted octanol–water partition coefficient (Wildman–Crippen LogP) is 4.54. The van der Waals surface area contributed by atoms with E-state index in [9.17, 15) is 36.3 Å². The summed E-state index contributed by atoms with van der Waals surface area (Å²) in [4.78, 5) is 40.5. The summed E-state index contributed by atoms with van der Waals surface area (Å²) in [7, 11) is 0. The van der Waals surface area contributed by atoms with Crippen LogP contribution in [0, 0.1) is 11.3 Å². The number of rotatable bonds is 7. The fraction of sp³-hybridized carbons (Fsp3) is 0.310. The summed E-state index contributed by atoms with van der Waals surface area (Å²) < 4.78 is 70.5. The largest absolute Gasteiger partial charge is 0.393 e. The molecule has 1 fully saturated rings. The number of likely N-dealkylation sites (tertiary alicyclic amines) is 1. The Morgan fingerprint density at radius 2 is 1.79 bits per heavy atom. The van der Waals surface area contributed by atoms with Gasteiger partial charge in [-0.15, -0.1) is 11.3 Å². The van der Waals surface area contributed by atoms with E-state index in [0.717, 1.165) is 11.0 Å². The van der Waals surface area contributed by atoms with Crippen molar-refractivity contribution in [3.63, 3.8) is 0 Å². The molecular weight excluding hydrogens is 593 g/mol. The van der Waals surface area contributed by atoms with Gasteiger partial charge in [-0.2, -0.15) is 22.0 Å². The zero-order valence-electron chi connectivity index (χ0n) is 22.6. The highest BCUT2D eigenvalue weighted by molar-refractivity contribution is 7.10. The molecular formula is C29H26F5N5O3S. The van der Waals surface area contributed by atoms with Gasteiger partial charge < -0.3 is 21.3 Å². The average Bonchev–Trinajstić information content (AvgIpc) is 3.68. The Kier molecular flexibility index (Phi) is 7.75. The predicted molar refractivity (Wildman–Crippen MR) is 149 cm³/mol. The fourth-order valence-corrected chi connectivity index (χ4v) is 6.29. The molecule has 2 aliphatic rings. The molecule has 3 aromatic rings. The van der Waals surface area contributed by atoms with Crippen molar-refractivity contribution in [1.82, 2.24) is 15.5 Å². The van der Waals surface area contributed by atoms with Gasteiger partial charge >= 0.3 is 6.18 Å². The molecule has 1 aliphatic heterocycles. The molecule has 1 aromatic heterocycles. The maximum Gasteiger partial charge on any atom is 0.393 e. The Morgan fingerprint density at radius 1 is 1.09 bits per heavy atom. The number of amidine groups is 1. The monoisotopic (exact) mass is 619 g/mol. The van der Waals surface area contributed by atoms with Gasteiger partial charge in [0.2, 0.25) is 11.8 Å². The molecule has 3 amide bonds. The molecule has 0 saturated carbocycles. The lowest BCUT2D eigenvalue weighted by molar-refractivity contribution is -0.171. The Labute approximate surface area is 246 Å². The number of amides is 3. The number of nitrogens with zero attached hydrogens (tertiary/aromatic N) is 1. The maximum absolute atomic E-state index is 14.8. The van der Waals surface area contributed by atoms with Crippen LogP contribution < -0.4 is 16.4 Å². The lowest BCUT2D eigenvalue weighted by atomic mass is 10.0. The number of benzene rings is 2. The molecule has 226 valence electrons. The van der Waals surface area contributed by atoms with Gasteiger partial charge in [0.05, 0.1) is 18.5 Å². The van der Waals surface area contributed by atoms with Crippen LogP contribution >= 0.6 is 11.3 Å². The molecule has 0 bridgehead atoms. The first kappa shape index (κ1) is 30.1. The Balaban J connectivity index is 1.28. The van der Waals surface area contributed by atoms with Gasteiger partial charge in [-0.3, -0.25) is 19.8 Å². The van der Waals surface area contributed by atoms with Crippen molar-refractivity contribution in [2.75, 3.05) is 13.1 Å². The van der Waals surface area contributed by atoms with Crippen molar-refractivity contribution < 1.29 is 36.3 Å². The van der Waals surface area contributed by atoms with Gasteiger partial charge in [0, 0.05) is 39.1 Å². The van der Waals surface area contributed by atoms with Gasteiger partial charge in [0.25, 0.3) is 11.8 Å². The molecule has 5 rings (SSSR count). The van der Waals surface area contributed by atoms with Crippen LogP contribution in [0.2, 0.25) is 0 Å². The summed E-state index contributed by atoms with van der Waals surface area (Å²) in [5.74, 6) is -7.84. The van der Waals surface area contributed by atoms with Crippen LogP contribution in [0.25, 0.3) is 11.1 Å². The number of halogens is 5. The van der Waals surface area contributed by atoms with Crippen molar-refractivity contribution in [3.05, 3.63) is 81.0 Å². The highest BCUT2D eigenvalue weighted by Gasteiger charge is 2.51. The number of alkyl halides is 5. The van der Waals surface area contributed by atoms with Crippen molar-refractivity contribution in [2.45, 2.75) is 37.5 Å². The minimum absolute atomic E-state index is 0.0161. The molecule has 5 N–H and O–H groups in total. The third-order valence-corrected chi connectivity index (χ3v) is 8.79. The lowest BCUT2D eigenvalue weighted by Crippen LogP contribution is -2.49. The van der Waals surface area contributed by atoms with Gasteiger partial charge in [-0.1, -0.05) is 30.3 Å². The molecule has 0 spiro atoms. The molecule has 1 aliphatic carbocycles. The van der Waals surface area contributed by atoms with Crippen molar-refractivity contribution >= 4 is 34.9 Å². The number of thiophene rings is 1. The first-order valence-electron chi connectivity index (χ1n) is 13.2. The molecule has 2 heterocycles. The molecule has 1 saturated heterocycles. The van der Waals surface area contributed by atoms with Crippen molar-refractivity contribution in [1.29, 1.82) is 5.41 Å². The molecule has 3 atom stereocenters. The number of carbonyl (C=O) groups is 3. The molecule has 1 unspecified atom stereocenters. The van der Waals surface area contributed by atoms with Crippen LogP contribution in [0.4, 0.5) is 22.0 Å². The zero-order valence-corrected chi connectivity index (χ0v) is 23.4.